The minimum absolute atomic E-state index is 0.230. The molecule has 0 aliphatic rings. The van der Waals surface area contributed by atoms with E-state index in [0.717, 1.165) is 6.54 Å². The molecule has 90 valence electrons. The Kier molecular flexibility index (Phi) is 4.72. The van der Waals surface area contributed by atoms with Crippen LogP contribution in [-0.4, -0.2) is 41.5 Å². The Morgan fingerprint density at radius 1 is 1.56 bits per heavy atom. The Morgan fingerprint density at radius 3 is 2.81 bits per heavy atom. The number of nitrogens with one attached hydrogen (secondary N) is 2. The van der Waals surface area contributed by atoms with E-state index in [-0.39, 0.29) is 6.04 Å². The number of hydrogen-bond acceptors (Lipinski definition) is 6. The van der Waals surface area contributed by atoms with Gasteiger partial charge < -0.3 is 10.2 Å². The zero-order valence-electron chi connectivity index (χ0n) is 9.66. The number of nitrogens with zero attached hydrogens (tertiary/aromatic N) is 3. The average molecular weight is 245 g/mol. The van der Waals surface area contributed by atoms with Gasteiger partial charge in [0.15, 0.2) is 5.82 Å². The molecule has 1 aromatic rings. The smallest absolute Gasteiger partial charge is 0.239 e. The first-order valence-electron chi connectivity index (χ1n) is 4.93. The van der Waals surface area contributed by atoms with E-state index in [2.05, 4.69) is 25.6 Å². The van der Waals surface area contributed by atoms with E-state index in [1.54, 1.807) is 0 Å². The highest BCUT2D eigenvalue weighted by molar-refractivity contribution is 6.32. The van der Waals surface area contributed by atoms with Gasteiger partial charge in [-0.3, -0.25) is 5.43 Å². The summed E-state index contributed by atoms with van der Waals surface area (Å²) >= 11 is 5.96. The van der Waals surface area contributed by atoms with Crippen LogP contribution in [0.25, 0.3) is 0 Å². The summed E-state index contributed by atoms with van der Waals surface area (Å²) in [7, 11) is 4.01. The number of hydrazine groups is 1. The third kappa shape index (κ3) is 3.80. The quantitative estimate of drug-likeness (QED) is 0.525. The number of halogens is 1. The third-order valence-corrected chi connectivity index (χ3v) is 2.17. The highest BCUT2D eigenvalue weighted by Gasteiger charge is 2.09. The molecular weight excluding hydrogens is 228 g/mol. The van der Waals surface area contributed by atoms with Gasteiger partial charge in [-0.05, 0) is 21.0 Å². The van der Waals surface area contributed by atoms with Crippen molar-refractivity contribution >= 4 is 23.4 Å². The molecule has 0 bridgehead atoms. The lowest BCUT2D eigenvalue weighted by Gasteiger charge is -2.19. The summed E-state index contributed by atoms with van der Waals surface area (Å²) in [5.41, 5.74) is 2.38. The summed E-state index contributed by atoms with van der Waals surface area (Å²) in [5.74, 6) is 6.15. The largest absolute Gasteiger partial charge is 0.365 e. The zero-order valence-corrected chi connectivity index (χ0v) is 10.4. The van der Waals surface area contributed by atoms with E-state index in [1.165, 1.54) is 6.20 Å². The fraction of sp³-hybridized carbons (Fsp3) is 0.556. The van der Waals surface area contributed by atoms with Gasteiger partial charge in [0.2, 0.25) is 5.95 Å². The molecule has 0 saturated heterocycles. The van der Waals surface area contributed by atoms with Crippen molar-refractivity contribution in [3.63, 3.8) is 0 Å². The van der Waals surface area contributed by atoms with E-state index < -0.39 is 0 Å². The fourth-order valence-electron chi connectivity index (χ4n) is 1.36. The Bertz CT molecular complexity index is 343. The molecular formula is C9H17ClN6. The number of rotatable bonds is 5. The molecule has 7 heteroatoms. The predicted molar refractivity (Wildman–Crippen MR) is 66.5 cm³/mol. The SMILES string of the molecule is CC(CN(C)C)Nc1nc(NN)ncc1Cl. The normalized spacial score (nSPS) is 12.6. The van der Waals surface area contributed by atoms with Crippen LogP contribution in [0.2, 0.25) is 5.02 Å². The molecule has 1 rings (SSSR count). The van der Waals surface area contributed by atoms with Gasteiger partial charge in [-0.2, -0.15) is 4.98 Å². The molecule has 0 aliphatic carbocycles. The van der Waals surface area contributed by atoms with Crippen LogP contribution in [0.4, 0.5) is 11.8 Å². The first kappa shape index (κ1) is 13.0. The van der Waals surface area contributed by atoms with Gasteiger partial charge in [0.1, 0.15) is 5.02 Å². The second kappa shape index (κ2) is 5.83. The van der Waals surface area contributed by atoms with Crippen LogP contribution < -0.4 is 16.6 Å². The molecule has 1 atom stereocenters. The highest BCUT2D eigenvalue weighted by Crippen LogP contribution is 2.19. The van der Waals surface area contributed by atoms with Crippen LogP contribution in [0.5, 0.6) is 0 Å². The fourth-order valence-corrected chi connectivity index (χ4v) is 1.51. The zero-order chi connectivity index (χ0) is 12.1. The Morgan fingerprint density at radius 2 is 2.25 bits per heavy atom. The van der Waals surface area contributed by atoms with Crippen molar-refractivity contribution in [1.29, 1.82) is 0 Å². The second-order valence-corrected chi connectivity index (χ2v) is 4.25. The van der Waals surface area contributed by atoms with Gasteiger partial charge in [0, 0.05) is 12.6 Å². The number of anilines is 2. The van der Waals surface area contributed by atoms with Gasteiger partial charge >= 0.3 is 0 Å². The molecule has 0 spiro atoms. The molecule has 1 unspecified atom stereocenters. The monoisotopic (exact) mass is 244 g/mol. The van der Waals surface area contributed by atoms with Gasteiger partial charge in [-0.25, -0.2) is 10.8 Å². The molecule has 6 nitrogen and oxygen atoms in total. The van der Waals surface area contributed by atoms with E-state index >= 15 is 0 Å². The maximum atomic E-state index is 5.96. The van der Waals surface area contributed by atoms with Gasteiger partial charge in [-0.1, -0.05) is 11.6 Å². The standard InChI is InChI=1S/C9H17ClN6/c1-6(5-16(2)3)13-8-7(10)4-12-9(14-8)15-11/h4,6H,5,11H2,1-3H3,(H2,12,13,14,15). The third-order valence-electron chi connectivity index (χ3n) is 1.90. The summed E-state index contributed by atoms with van der Waals surface area (Å²) in [5, 5.41) is 3.67. The molecule has 0 fully saturated rings. The lowest BCUT2D eigenvalue weighted by Crippen LogP contribution is -2.30. The van der Waals surface area contributed by atoms with Crippen LogP contribution in [-0.2, 0) is 0 Å². The molecule has 16 heavy (non-hydrogen) atoms. The number of nitrogens with two attached hydrogens (primary N) is 1. The molecule has 0 amide bonds. The van der Waals surface area contributed by atoms with Crippen molar-refractivity contribution in [2.24, 2.45) is 5.84 Å². The second-order valence-electron chi connectivity index (χ2n) is 3.84. The Hall–Kier alpha value is -1.11. The highest BCUT2D eigenvalue weighted by atomic mass is 35.5. The molecule has 4 N–H and O–H groups in total. The number of nitrogen functional groups attached to an aromatic ring is 1. The maximum Gasteiger partial charge on any atom is 0.239 e. The first-order chi connectivity index (χ1) is 7.52. The number of likely N-dealkylation sites (N-methyl/N-ethyl adjacent to an activating group) is 1. The molecule has 0 aliphatic heterocycles. The van der Waals surface area contributed by atoms with Crippen LogP contribution in [0.1, 0.15) is 6.92 Å². The van der Waals surface area contributed by atoms with E-state index in [1.807, 2.05) is 21.0 Å². The molecule has 0 saturated carbocycles. The van der Waals surface area contributed by atoms with Crippen molar-refractivity contribution in [3.05, 3.63) is 11.2 Å². The van der Waals surface area contributed by atoms with E-state index in [9.17, 15) is 0 Å². The first-order valence-corrected chi connectivity index (χ1v) is 5.31. The van der Waals surface area contributed by atoms with E-state index in [0.29, 0.717) is 16.8 Å². The van der Waals surface area contributed by atoms with Crippen molar-refractivity contribution < 1.29 is 0 Å². The number of aromatic nitrogens is 2. The number of hydrogen-bond donors (Lipinski definition) is 3. The summed E-state index contributed by atoms with van der Waals surface area (Å²) < 4.78 is 0. The summed E-state index contributed by atoms with van der Waals surface area (Å²) in [4.78, 5) is 10.1. The van der Waals surface area contributed by atoms with Crippen LogP contribution in [0, 0.1) is 0 Å². The van der Waals surface area contributed by atoms with Crippen molar-refractivity contribution in [2.75, 3.05) is 31.4 Å². The molecule has 1 heterocycles. The van der Waals surface area contributed by atoms with Gasteiger partial charge in [-0.15, -0.1) is 0 Å². The molecule has 0 radical (unpaired) electrons. The Balaban J connectivity index is 2.71. The lowest BCUT2D eigenvalue weighted by atomic mass is 10.3. The van der Waals surface area contributed by atoms with Gasteiger partial charge in [0.25, 0.3) is 0 Å². The lowest BCUT2D eigenvalue weighted by molar-refractivity contribution is 0.392. The topological polar surface area (TPSA) is 79.1 Å². The van der Waals surface area contributed by atoms with Crippen molar-refractivity contribution in [2.45, 2.75) is 13.0 Å². The minimum Gasteiger partial charge on any atom is -0.365 e. The molecule has 0 aromatic carbocycles. The predicted octanol–water partition coefficient (Wildman–Crippen LogP) is 0.778. The Labute approximate surface area is 100 Å². The summed E-state index contributed by atoms with van der Waals surface area (Å²) in [6.07, 6.45) is 1.51. The molecule has 1 aromatic heterocycles. The maximum absolute atomic E-state index is 5.96. The summed E-state index contributed by atoms with van der Waals surface area (Å²) in [6, 6.07) is 0.230. The van der Waals surface area contributed by atoms with Crippen molar-refractivity contribution in [3.8, 4) is 0 Å². The van der Waals surface area contributed by atoms with E-state index in [4.69, 9.17) is 17.4 Å². The van der Waals surface area contributed by atoms with Crippen LogP contribution in [0.15, 0.2) is 6.20 Å². The van der Waals surface area contributed by atoms with Crippen molar-refractivity contribution in [1.82, 2.24) is 14.9 Å². The van der Waals surface area contributed by atoms with Crippen LogP contribution >= 0.6 is 11.6 Å². The van der Waals surface area contributed by atoms with Gasteiger partial charge in [0.05, 0.1) is 6.20 Å². The van der Waals surface area contributed by atoms with Crippen LogP contribution in [0.3, 0.4) is 0 Å². The average Bonchev–Trinajstić information content (AvgIpc) is 2.20. The summed E-state index contributed by atoms with van der Waals surface area (Å²) in [6.45, 7) is 2.93. The minimum atomic E-state index is 0.230.